The summed E-state index contributed by atoms with van der Waals surface area (Å²) in [7, 11) is 0. The van der Waals surface area contributed by atoms with Gasteiger partial charge < -0.3 is 26.8 Å². The molecule has 1 atom stereocenters. The zero-order valence-corrected chi connectivity index (χ0v) is 63.2. The van der Waals surface area contributed by atoms with Crippen molar-refractivity contribution in [2.75, 3.05) is 32.8 Å². The third kappa shape index (κ3) is 18.3. The molecule has 548 valence electrons. The molecule has 3 aromatic heterocycles. The molecule has 1 unspecified atom stereocenters. The number of hydrogen-bond donors (Lipinski definition) is 5. The summed E-state index contributed by atoms with van der Waals surface area (Å²) in [5, 5.41) is 46.5. The molecule has 0 saturated carbocycles. The minimum absolute atomic E-state index is 0.0296. The van der Waals surface area contributed by atoms with E-state index in [0.29, 0.717) is 119 Å². The first-order valence-corrected chi connectivity index (χ1v) is 37.9. The van der Waals surface area contributed by atoms with E-state index in [4.69, 9.17) is 80.9 Å². The quantitative estimate of drug-likeness (QED) is 0.0244. The maximum atomic E-state index is 13.4. The van der Waals surface area contributed by atoms with E-state index >= 15 is 0 Å². The number of nitrogens with one attached hydrogen (secondary N) is 3. The van der Waals surface area contributed by atoms with Crippen LogP contribution in [0.15, 0.2) is 187 Å². The standard InChI is InChI=1S/C28H26Cl2N6O.C27H27Cl2N5O.C27H26Cl2N4O2/c29-24-10-8-19(16-25(24)30)14-18-9-11-26-23(15-18)27(34-36(26)13-12-33-35-31)28(37)32-17-21-6-3-5-20-4-1-2-7-22(20)21;28-23-9-8-18(14-24(23)29)16-33-12-10-25-22(17-33)26(32-34(25)13-11-30)27(35)31-15-20-6-3-5-19-4-1-2-7-21(19)20;28-23-9-8-18(14-24(23)29)16-32-11-10-25-22(17-32)26(31-33(25)12-13-34)27(35)30-15-20-6-3-5-19-4-1-2-7-21(19)20/h1-8,10,16,18H,9,11-15,17H2,(H,32,37);1-9,14H,10-13,15-17,30H2,(H,31,35);1-9,14,34H,10-13,15-17H2,(H,30,35). The minimum atomic E-state index is -0.206. The lowest BCUT2D eigenvalue weighted by Gasteiger charge is -2.28. The first kappa shape index (κ1) is 75.9. The Morgan fingerprint density at radius 1 is 0.486 bits per heavy atom. The molecular weight excluding hydrogens is 1470 g/mol. The number of carbonyl (C=O) groups is 3. The normalized spacial score (nSPS) is 14.0. The third-order valence-electron chi connectivity index (χ3n) is 19.9. The van der Waals surface area contributed by atoms with Gasteiger partial charge in [-0.2, -0.15) is 15.3 Å². The summed E-state index contributed by atoms with van der Waals surface area (Å²) >= 11 is 36.9. The maximum absolute atomic E-state index is 13.4. The van der Waals surface area contributed by atoms with Gasteiger partial charge >= 0.3 is 0 Å². The Kier molecular flexibility index (Phi) is 25.3. The van der Waals surface area contributed by atoms with Crippen molar-refractivity contribution in [2.45, 2.75) is 104 Å². The Labute approximate surface area is 650 Å². The molecule has 15 rings (SSSR count). The molecule has 25 heteroatoms. The molecule has 5 heterocycles. The second-order valence-electron chi connectivity index (χ2n) is 26.9. The maximum Gasteiger partial charge on any atom is 0.272 e. The number of fused-ring (bicyclic) bond motifs is 6. The average molecular weight is 1550 g/mol. The van der Waals surface area contributed by atoms with Gasteiger partial charge in [0.15, 0.2) is 17.1 Å². The highest BCUT2D eigenvalue weighted by Crippen LogP contribution is 2.35. The lowest BCUT2D eigenvalue weighted by atomic mass is 9.82. The number of nitrogens with zero attached hydrogens (tertiary/aromatic N) is 11. The third-order valence-corrected chi connectivity index (χ3v) is 22.1. The largest absolute Gasteiger partial charge is 0.394 e. The van der Waals surface area contributed by atoms with Crippen LogP contribution in [-0.2, 0) is 97.6 Å². The zero-order valence-electron chi connectivity index (χ0n) is 58.7. The van der Waals surface area contributed by atoms with Gasteiger partial charge in [0.1, 0.15) is 0 Å². The van der Waals surface area contributed by atoms with Crippen molar-refractivity contribution in [1.29, 1.82) is 0 Å². The number of nitrogens with two attached hydrogens (primary N) is 1. The average Bonchev–Trinajstić information content (AvgIpc) is 1.63. The molecule has 12 aromatic rings. The van der Waals surface area contributed by atoms with E-state index in [1.54, 1.807) is 10.7 Å². The van der Waals surface area contributed by atoms with E-state index in [-0.39, 0.29) is 30.9 Å². The van der Waals surface area contributed by atoms with E-state index in [9.17, 15) is 19.5 Å². The monoisotopic (exact) mass is 1550 g/mol. The molecule has 9 aromatic carbocycles. The van der Waals surface area contributed by atoms with Crippen LogP contribution >= 0.6 is 69.6 Å². The molecule has 107 heavy (non-hydrogen) atoms. The predicted octanol–water partition coefficient (Wildman–Crippen LogP) is 16.5. The van der Waals surface area contributed by atoms with Gasteiger partial charge in [-0.1, -0.05) is 220 Å². The highest BCUT2D eigenvalue weighted by Gasteiger charge is 2.32. The number of hydrogen-bond acceptors (Lipinski definition) is 11. The van der Waals surface area contributed by atoms with Crippen LogP contribution in [-0.4, -0.2) is 94.8 Å². The van der Waals surface area contributed by atoms with Crippen LogP contribution in [0.4, 0.5) is 0 Å². The van der Waals surface area contributed by atoms with Crippen molar-refractivity contribution < 1.29 is 19.5 Å². The van der Waals surface area contributed by atoms with E-state index in [2.05, 4.69) is 106 Å². The fourth-order valence-electron chi connectivity index (χ4n) is 14.7. The topological polar surface area (TPSA) is 242 Å². The number of rotatable bonds is 22. The molecule has 1 aliphatic carbocycles. The lowest BCUT2D eigenvalue weighted by Crippen LogP contribution is -2.32. The van der Waals surface area contributed by atoms with E-state index < -0.39 is 0 Å². The second-order valence-corrected chi connectivity index (χ2v) is 29.3. The molecule has 0 radical (unpaired) electrons. The number of azide groups is 1. The van der Waals surface area contributed by atoms with Crippen molar-refractivity contribution in [3.05, 3.63) is 307 Å². The summed E-state index contributed by atoms with van der Waals surface area (Å²) in [5.41, 5.74) is 28.4. The van der Waals surface area contributed by atoms with Gasteiger partial charge in [0.2, 0.25) is 0 Å². The van der Waals surface area contributed by atoms with Crippen LogP contribution in [0.25, 0.3) is 42.8 Å². The van der Waals surface area contributed by atoms with Gasteiger partial charge in [-0.05, 0) is 139 Å². The van der Waals surface area contributed by atoms with Gasteiger partial charge in [-0.25, -0.2) is 0 Å². The summed E-state index contributed by atoms with van der Waals surface area (Å²) < 4.78 is 5.52. The first-order chi connectivity index (χ1) is 52.1. The Morgan fingerprint density at radius 3 is 1.31 bits per heavy atom. The lowest BCUT2D eigenvalue weighted by molar-refractivity contribution is 0.0934. The summed E-state index contributed by atoms with van der Waals surface area (Å²) in [6.07, 6.45) is 4.92. The number of carbonyl (C=O) groups excluding carboxylic acids is 3. The Morgan fingerprint density at radius 2 is 0.879 bits per heavy atom. The highest BCUT2D eigenvalue weighted by atomic mass is 35.5. The molecule has 3 amide bonds. The van der Waals surface area contributed by atoms with Crippen molar-refractivity contribution >= 4 is 120 Å². The number of halogens is 6. The fourth-order valence-corrected chi connectivity index (χ4v) is 15.7. The van der Waals surface area contributed by atoms with Crippen LogP contribution in [0.5, 0.6) is 0 Å². The molecule has 0 bridgehead atoms. The molecule has 3 aliphatic rings. The predicted molar refractivity (Wildman–Crippen MR) is 426 cm³/mol. The number of aliphatic hydroxyl groups excluding tert-OH is 1. The Hall–Kier alpha value is -9.31. The smallest absolute Gasteiger partial charge is 0.272 e. The highest BCUT2D eigenvalue weighted by molar-refractivity contribution is 6.43. The van der Waals surface area contributed by atoms with E-state index in [1.165, 1.54) is 0 Å². The summed E-state index contributed by atoms with van der Waals surface area (Å²) in [6, 6.07) is 59.9. The molecule has 0 spiro atoms. The fraction of sp³-hybridized carbons (Fsp3) is 0.268. The van der Waals surface area contributed by atoms with E-state index in [0.717, 1.165) is 158 Å². The SMILES string of the molecule is NCCn1nc(C(=O)NCc2cccc3ccccc23)c2c1CCN(Cc1ccc(Cl)c(Cl)c1)C2.O=C(NCc1cccc2ccccc12)c1nn(CCO)c2c1CN(Cc1ccc(Cl)c(Cl)c1)CC2.[N-]=[N+]=NCCn1nc(C(=O)NCc2cccc3ccccc23)c2c1CCC(Cc1ccc(Cl)c(Cl)c1)C2. The Balaban J connectivity index is 0.000000142. The minimum Gasteiger partial charge on any atom is -0.394 e. The molecular formula is C82H79Cl6N15O4. The number of benzene rings is 9. The van der Waals surface area contributed by atoms with Gasteiger partial charge in [0.05, 0.1) is 49.8 Å². The van der Waals surface area contributed by atoms with Crippen LogP contribution in [0.2, 0.25) is 30.1 Å². The van der Waals surface area contributed by atoms with Crippen LogP contribution in [0.3, 0.4) is 0 Å². The number of amides is 3. The van der Waals surface area contributed by atoms with Gasteiger partial charge in [-0.3, -0.25) is 38.2 Å². The van der Waals surface area contributed by atoms with Crippen LogP contribution in [0.1, 0.15) is 105 Å². The summed E-state index contributed by atoms with van der Waals surface area (Å²) in [5.74, 6) is -0.213. The van der Waals surface area contributed by atoms with Gasteiger partial charge in [-0.15, -0.1) is 0 Å². The van der Waals surface area contributed by atoms with E-state index in [1.807, 2.05) is 131 Å². The zero-order chi connectivity index (χ0) is 74.5. The number of aliphatic hydroxyl groups is 1. The van der Waals surface area contributed by atoms with Crippen molar-refractivity contribution in [3.63, 3.8) is 0 Å². The summed E-state index contributed by atoms with van der Waals surface area (Å²) in [6.45, 7) is 7.71. The van der Waals surface area contributed by atoms with Gasteiger partial charge in [0, 0.05) is 130 Å². The molecule has 19 nitrogen and oxygen atoms in total. The number of aromatic nitrogens is 6. The molecule has 0 saturated heterocycles. The molecule has 0 fully saturated rings. The Bertz CT molecular complexity index is 5080. The second kappa shape index (κ2) is 35.6. The first-order valence-electron chi connectivity index (χ1n) is 35.7. The van der Waals surface area contributed by atoms with Crippen molar-refractivity contribution in [1.82, 2.24) is 55.1 Å². The van der Waals surface area contributed by atoms with Crippen LogP contribution in [0, 0.1) is 5.92 Å². The molecule has 2 aliphatic heterocycles. The van der Waals surface area contributed by atoms with Crippen molar-refractivity contribution in [3.8, 4) is 0 Å². The molecule has 6 N–H and O–H groups in total. The van der Waals surface area contributed by atoms with Crippen molar-refractivity contribution in [2.24, 2.45) is 16.8 Å². The van der Waals surface area contributed by atoms with Gasteiger partial charge in [0.25, 0.3) is 17.7 Å². The van der Waals surface area contributed by atoms with Crippen LogP contribution < -0.4 is 21.7 Å². The summed E-state index contributed by atoms with van der Waals surface area (Å²) in [4.78, 5) is 47.5.